The lowest BCUT2D eigenvalue weighted by molar-refractivity contribution is -0.365. The maximum absolute atomic E-state index is 11.5. The number of rotatable bonds is 5. The van der Waals surface area contributed by atoms with Gasteiger partial charge in [0.15, 0.2) is 0 Å². The first-order chi connectivity index (χ1) is 10.6. The molecule has 0 aliphatic carbocycles. The molecule has 2 rings (SSSR count). The third kappa shape index (κ3) is 4.32. The van der Waals surface area contributed by atoms with Gasteiger partial charge in [-0.15, -0.1) is 4.98 Å². The van der Waals surface area contributed by atoms with Crippen molar-refractivity contribution in [2.24, 2.45) is 5.73 Å². The summed E-state index contributed by atoms with van der Waals surface area (Å²) in [4.78, 5) is 21.0. The Labute approximate surface area is 127 Å². The second kappa shape index (κ2) is 7.23. The van der Waals surface area contributed by atoms with Crippen LogP contribution in [0.4, 0.5) is 11.6 Å². The van der Waals surface area contributed by atoms with E-state index in [1.54, 1.807) is 19.2 Å². The van der Waals surface area contributed by atoms with E-state index in [-0.39, 0.29) is 24.1 Å². The number of ether oxygens (including phenoxy) is 2. The molecular weight excluding hydrogens is 286 g/mol. The SMILES string of the molecule is COCc1cc(=O)[nH]c([NH+]=C(N)Nc2ccc(OC)cc2)n1. The molecule has 8 nitrogen and oxygen atoms in total. The maximum atomic E-state index is 11.5. The first-order valence-electron chi connectivity index (χ1n) is 6.50. The van der Waals surface area contributed by atoms with E-state index in [1.165, 1.54) is 13.2 Å². The van der Waals surface area contributed by atoms with Crippen molar-refractivity contribution in [3.63, 3.8) is 0 Å². The van der Waals surface area contributed by atoms with Gasteiger partial charge in [0.1, 0.15) is 11.4 Å². The lowest BCUT2D eigenvalue weighted by Gasteiger charge is -2.03. The fourth-order valence-corrected chi connectivity index (χ4v) is 1.78. The van der Waals surface area contributed by atoms with Gasteiger partial charge in [0, 0.05) is 13.2 Å². The van der Waals surface area contributed by atoms with Crippen molar-refractivity contribution in [1.29, 1.82) is 0 Å². The van der Waals surface area contributed by atoms with E-state index in [2.05, 4.69) is 20.3 Å². The third-order valence-electron chi connectivity index (χ3n) is 2.71. The second-order valence-electron chi connectivity index (χ2n) is 4.41. The van der Waals surface area contributed by atoms with Crippen molar-refractivity contribution in [3.8, 4) is 5.75 Å². The zero-order valence-corrected chi connectivity index (χ0v) is 12.3. The minimum atomic E-state index is -0.290. The molecule has 1 aromatic heterocycles. The molecule has 0 aliphatic rings. The van der Waals surface area contributed by atoms with Crippen LogP contribution in [-0.2, 0) is 11.3 Å². The quantitative estimate of drug-likeness (QED) is 0.419. The molecule has 0 saturated heterocycles. The van der Waals surface area contributed by atoms with E-state index in [1.807, 2.05) is 12.1 Å². The van der Waals surface area contributed by atoms with Crippen molar-refractivity contribution >= 4 is 17.6 Å². The highest BCUT2D eigenvalue weighted by atomic mass is 16.5. The minimum absolute atomic E-state index is 0.225. The number of aromatic amines is 1. The van der Waals surface area contributed by atoms with E-state index < -0.39 is 0 Å². The highest BCUT2D eigenvalue weighted by molar-refractivity contribution is 5.88. The van der Waals surface area contributed by atoms with Gasteiger partial charge < -0.3 is 15.2 Å². The molecule has 0 unspecified atom stereocenters. The van der Waals surface area contributed by atoms with E-state index in [9.17, 15) is 4.79 Å². The maximum Gasteiger partial charge on any atom is 0.325 e. The molecular formula is C14H18N5O3+. The van der Waals surface area contributed by atoms with Crippen LogP contribution in [0.25, 0.3) is 0 Å². The highest BCUT2D eigenvalue weighted by Crippen LogP contribution is 2.14. The van der Waals surface area contributed by atoms with Crippen LogP contribution in [0.2, 0.25) is 0 Å². The van der Waals surface area contributed by atoms with Gasteiger partial charge in [0.25, 0.3) is 11.5 Å². The van der Waals surface area contributed by atoms with Gasteiger partial charge in [-0.1, -0.05) is 0 Å². The summed E-state index contributed by atoms with van der Waals surface area (Å²) in [6.07, 6.45) is 0. The average Bonchev–Trinajstić information content (AvgIpc) is 2.47. The number of nitrogens with zero attached hydrogens (tertiary/aromatic N) is 1. The fraction of sp³-hybridized carbons (Fsp3) is 0.214. The molecule has 22 heavy (non-hydrogen) atoms. The molecule has 0 aliphatic heterocycles. The van der Waals surface area contributed by atoms with E-state index in [4.69, 9.17) is 15.2 Å². The van der Waals surface area contributed by atoms with Crippen LogP contribution in [-0.4, -0.2) is 30.1 Å². The Morgan fingerprint density at radius 2 is 2.09 bits per heavy atom. The average molecular weight is 304 g/mol. The fourth-order valence-electron chi connectivity index (χ4n) is 1.78. The summed E-state index contributed by atoms with van der Waals surface area (Å²) in [5.74, 6) is 1.20. The van der Waals surface area contributed by atoms with Crippen LogP contribution in [0.5, 0.6) is 5.75 Å². The first-order valence-corrected chi connectivity index (χ1v) is 6.50. The summed E-state index contributed by atoms with van der Waals surface area (Å²) in [7, 11) is 3.13. The zero-order valence-electron chi connectivity index (χ0n) is 12.3. The molecule has 2 aromatic rings. The Hall–Kier alpha value is -2.87. The van der Waals surface area contributed by atoms with Crippen molar-refractivity contribution in [2.75, 3.05) is 19.5 Å². The smallest absolute Gasteiger partial charge is 0.325 e. The molecule has 1 aromatic carbocycles. The molecule has 1 heterocycles. The predicted octanol–water partition coefficient (Wildman–Crippen LogP) is -0.936. The Morgan fingerprint density at radius 3 is 2.73 bits per heavy atom. The van der Waals surface area contributed by atoms with Crippen LogP contribution >= 0.6 is 0 Å². The Bertz CT molecular complexity index is 709. The number of benzene rings is 1. The summed E-state index contributed by atoms with van der Waals surface area (Å²) in [5, 5.41) is 2.95. The number of H-pyrrole nitrogens is 1. The van der Waals surface area contributed by atoms with Crippen molar-refractivity contribution < 1.29 is 14.5 Å². The van der Waals surface area contributed by atoms with Gasteiger partial charge >= 0.3 is 5.95 Å². The number of anilines is 1. The molecule has 0 amide bonds. The van der Waals surface area contributed by atoms with Crippen LogP contribution in [0.3, 0.4) is 0 Å². The van der Waals surface area contributed by atoms with E-state index in [0.29, 0.717) is 5.69 Å². The van der Waals surface area contributed by atoms with Gasteiger partial charge in [-0.05, 0) is 24.3 Å². The van der Waals surface area contributed by atoms with Gasteiger partial charge in [-0.2, -0.15) is 0 Å². The van der Waals surface area contributed by atoms with E-state index >= 15 is 0 Å². The van der Waals surface area contributed by atoms with Crippen LogP contribution < -0.4 is 26.3 Å². The Morgan fingerprint density at radius 1 is 1.36 bits per heavy atom. The lowest BCUT2D eigenvalue weighted by atomic mass is 10.3. The predicted molar refractivity (Wildman–Crippen MR) is 82.0 cm³/mol. The lowest BCUT2D eigenvalue weighted by Crippen LogP contribution is -2.73. The Kier molecular flexibility index (Phi) is 5.10. The molecule has 0 bridgehead atoms. The highest BCUT2D eigenvalue weighted by Gasteiger charge is 2.06. The number of methoxy groups -OCH3 is 2. The number of hydrogen-bond acceptors (Lipinski definition) is 4. The third-order valence-corrected chi connectivity index (χ3v) is 2.71. The van der Waals surface area contributed by atoms with Crippen molar-refractivity contribution in [1.82, 2.24) is 9.97 Å². The van der Waals surface area contributed by atoms with Crippen LogP contribution in [0.15, 0.2) is 35.1 Å². The molecule has 116 valence electrons. The second-order valence-corrected chi connectivity index (χ2v) is 4.41. The standard InChI is InChI=1S/C14H17N5O3/c1-21-8-10-7-12(20)18-14(17-10)19-13(15)16-9-3-5-11(22-2)6-4-9/h3-7H,8H2,1-2H3,(H4,15,16,17,18,19,20)/p+1. The number of nitrogens with one attached hydrogen (secondary N) is 3. The summed E-state index contributed by atoms with van der Waals surface area (Å²) in [6, 6.07) is 8.58. The molecule has 0 radical (unpaired) electrons. The Balaban J connectivity index is 2.15. The van der Waals surface area contributed by atoms with Gasteiger partial charge in [0.2, 0.25) is 0 Å². The van der Waals surface area contributed by atoms with Gasteiger partial charge in [-0.25, -0.2) is 9.98 Å². The summed E-state index contributed by atoms with van der Waals surface area (Å²) in [5.41, 5.74) is 6.83. The number of hydrogen-bond donors (Lipinski definition) is 4. The number of nitrogens with two attached hydrogens (primary N) is 1. The summed E-state index contributed by atoms with van der Waals surface area (Å²) in [6.45, 7) is 0.240. The van der Waals surface area contributed by atoms with Gasteiger partial charge in [-0.3, -0.25) is 10.1 Å². The number of aromatic nitrogens is 2. The molecule has 0 saturated carbocycles. The van der Waals surface area contributed by atoms with Gasteiger partial charge in [0.05, 0.1) is 19.4 Å². The largest absolute Gasteiger partial charge is 0.497 e. The topological polar surface area (TPSA) is 116 Å². The monoisotopic (exact) mass is 304 g/mol. The minimum Gasteiger partial charge on any atom is -0.497 e. The molecule has 0 spiro atoms. The normalized spacial score (nSPS) is 11.3. The van der Waals surface area contributed by atoms with Crippen molar-refractivity contribution in [3.05, 3.63) is 46.4 Å². The van der Waals surface area contributed by atoms with E-state index in [0.717, 1.165) is 11.4 Å². The summed E-state index contributed by atoms with van der Waals surface area (Å²) < 4.78 is 10.0. The molecule has 8 heteroatoms. The number of guanidine groups is 1. The van der Waals surface area contributed by atoms with Crippen molar-refractivity contribution in [2.45, 2.75) is 6.61 Å². The molecule has 5 N–H and O–H groups in total. The first kappa shape index (κ1) is 15.5. The molecule has 0 atom stereocenters. The zero-order chi connectivity index (χ0) is 15.9. The van der Waals surface area contributed by atoms with Crippen LogP contribution in [0, 0.1) is 0 Å². The molecule has 0 fully saturated rings. The van der Waals surface area contributed by atoms with Crippen LogP contribution in [0.1, 0.15) is 5.69 Å². The summed E-state index contributed by atoms with van der Waals surface area (Å²) >= 11 is 0.